The van der Waals surface area contributed by atoms with Crippen molar-refractivity contribution in [3.05, 3.63) is 22.3 Å². The number of benzene rings is 1. The summed E-state index contributed by atoms with van der Waals surface area (Å²) in [5.74, 6) is 0.769. The van der Waals surface area contributed by atoms with E-state index in [1.165, 1.54) is 6.42 Å². The van der Waals surface area contributed by atoms with Crippen molar-refractivity contribution in [1.29, 1.82) is 0 Å². The fraction of sp³-hybridized carbons (Fsp3) is 0.462. The van der Waals surface area contributed by atoms with E-state index in [0.29, 0.717) is 6.04 Å². The average Bonchev–Trinajstić information content (AvgIpc) is 2.62. The summed E-state index contributed by atoms with van der Waals surface area (Å²) in [6.45, 7) is 0.0196. The molecule has 1 aliphatic rings. The van der Waals surface area contributed by atoms with E-state index in [1.807, 2.05) is 16.8 Å². The van der Waals surface area contributed by atoms with E-state index in [-0.39, 0.29) is 6.61 Å². The van der Waals surface area contributed by atoms with E-state index in [4.69, 9.17) is 4.74 Å². The number of aliphatic hydroxyl groups is 1. The fourth-order valence-corrected chi connectivity index (χ4v) is 2.91. The van der Waals surface area contributed by atoms with Gasteiger partial charge in [-0.1, -0.05) is 0 Å². The van der Waals surface area contributed by atoms with Gasteiger partial charge in [-0.2, -0.15) is 5.10 Å². The molecule has 1 aliphatic carbocycles. The Balaban J connectivity index is 2.19. The van der Waals surface area contributed by atoms with Crippen LogP contribution >= 0.6 is 15.9 Å². The Morgan fingerprint density at radius 1 is 1.50 bits per heavy atom. The number of aliphatic hydroxyl groups excluding tert-OH is 1. The molecule has 1 saturated carbocycles. The van der Waals surface area contributed by atoms with Gasteiger partial charge >= 0.3 is 0 Å². The lowest BCUT2D eigenvalue weighted by atomic mass is 9.93. The van der Waals surface area contributed by atoms with Gasteiger partial charge in [-0.3, -0.25) is 4.68 Å². The first kappa shape index (κ1) is 12.0. The lowest BCUT2D eigenvalue weighted by Crippen LogP contribution is -2.20. The summed E-state index contributed by atoms with van der Waals surface area (Å²) in [6.07, 6.45) is 3.55. The molecule has 0 saturated heterocycles. The summed E-state index contributed by atoms with van der Waals surface area (Å²) in [5.41, 5.74) is 1.78. The molecule has 0 amide bonds. The zero-order valence-electron chi connectivity index (χ0n) is 10.2. The largest absolute Gasteiger partial charge is 0.495 e. The smallest absolute Gasteiger partial charge is 0.135 e. The van der Waals surface area contributed by atoms with E-state index < -0.39 is 0 Å². The number of aromatic nitrogens is 2. The maximum absolute atomic E-state index is 9.58. The number of methoxy groups -OCH3 is 1. The van der Waals surface area contributed by atoms with Crippen LogP contribution in [-0.2, 0) is 6.61 Å². The molecule has 96 valence electrons. The highest BCUT2D eigenvalue weighted by atomic mass is 79.9. The Morgan fingerprint density at radius 2 is 2.28 bits per heavy atom. The maximum atomic E-state index is 9.58. The van der Waals surface area contributed by atoms with Gasteiger partial charge in [0.15, 0.2) is 0 Å². The third kappa shape index (κ3) is 1.73. The summed E-state index contributed by atoms with van der Waals surface area (Å²) < 4.78 is 8.15. The van der Waals surface area contributed by atoms with Crippen molar-refractivity contribution < 1.29 is 9.84 Å². The molecule has 0 unspecified atom stereocenters. The predicted octanol–water partition coefficient (Wildman–Crippen LogP) is 3.02. The molecule has 1 N–H and O–H groups in total. The lowest BCUT2D eigenvalue weighted by Gasteiger charge is -2.27. The number of nitrogens with zero attached hydrogens (tertiary/aromatic N) is 2. The van der Waals surface area contributed by atoms with Gasteiger partial charge in [0.1, 0.15) is 5.75 Å². The molecule has 1 aromatic carbocycles. The van der Waals surface area contributed by atoms with Crippen LogP contribution in [0.2, 0.25) is 0 Å². The van der Waals surface area contributed by atoms with Crippen LogP contribution in [0.3, 0.4) is 0 Å². The van der Waals surface area contributed by atoms with E-state index in [9.17, 15) is 5.11 Å². The van der Waals surface area contributed by atoms with Gasteiger partial charge in [0.2, 0.25) is 0 Å². The number of rotatable bonds is 3. The second kappa shape index (κ2) is 4.55. The van der Waals surface area contributed by atoms with Crippen molar-refractivity contribution in [3.63, 3.8) is 0 Å². The Labute approximate surface area is 114 Å². The number of hydrogen-bond donors (Lipinski definition) is 1. The van der Waals surface area contributed by atoms with Crippen molar-refractivity contribution in [2.45, 2.75) is 31.9 Å². The Bertz CT molecular complexity index is 590. The van der Waals surface area contributed by atoms with Crippen LogP contribution in [0, 0.1) is 0 Å². The van der Waals surface area contributed by atoms with E-state index in [2.05, 4.69) is 21.0 Å². The first-order chi connectivity index (χ1) is 8.74. The molecule has 1 aromatic heterocycles. The third-order valence-corrected chi connectivity index (χ3v) is 4.26. The molecule has 1 fully saturated rings. The summed E-state index contributed by atoms with van der Waals surface area (Å²) >= 11 is 3.47. The molecule has 4 nitrogen and oxygen atoms in total. The first-order valence-corrected chi connectivity index (χ1v) is 6.89. The molecule has 0 spiro atoms. The van der Waals surface area contributed by atoms with Gasteiger partial charge < -0.3 is 9.84 Å². The van der Waals surface area contributed by atoms with Gasteiger partial charge in [0.05, 0.1) is 35.4 Å². The molecule has 18 heavy (non-hydrogen) atoms. The number of fused-ring (bicyclic) bond motifs is 1. The third-order valence-electron chi connectivity index (χ3n) is 3.64. The highest BCUT2D eigenvalue weighted by Crippen LogP contribution is 2.37. The van der Waals surface area contributed by atoms with Crippen LogP contribution in [0.15, 0.2) is 16.6 Å². The monoisotopic (exact) mass is 310 g/mol. The zero-order chi connectivity index (χ0) is 12.7. The van der Waals surface area contributed by atoms with Crippen molar-refractivity contribution in [2.75, 3.05) is 7.11 Å². The van der Waals surface area contributed by atoms with Crippen molar-refractivity contribution in [2.24, 2.45) is 0 Å². The summed E-state index contributed by atoms with van der Waals surface area (Å²) in [6, 6.07) is 4.33. The van der Waals surface area contributed by atoms with Gasteiger partial charge in [0.25, 0.3) is 0 Å². The van der Waals surface area contributed by atoms with Crippen LogP contribution < -0.4 is 4.74 Å². The lowest BCUT2D eigenvalue weighted by molar-refractivity contribution is 0.235. The molecule has 5 heteroatoms. The van der Waals surface area contributed by atoms with Crippen LogP contribution in [0.4, 0.5) is 0 Å². The summed E-state index contributed by atoms with van der Waals surface area (Å²) in [5, 5.41) is 15.2. The van der Waals surface area contributed by atoms with Crippen molar-refractivity contribution >= 4 is 26.8 Å². The minimum Gasteiger partial charge on any atom is -0.495 e. The zero-order valence-corrected chi connectivity index (χ0v) is 11.8. The molecule has 0 aliphatic heterocycles. The summed E-state index contributed by atoms with van der Waals surface area (Å²) in [4.78, 5) is 0. The number of ether oxygens (including phenoxy) is 1. The molecule has 3 rings (SSSR count). The van der Waals surface area contributed by atoms with Crippen molar-refractivity contribution in [3.8, 4) is 5.75 Å². The Kier molecular flexibility index (Phi) is 3.03. The fourth-order valence-electron chi connectivity index (χ4n) is 2.40. The average molecular weight is 311 g/mol. The topological polar surface area (TPSA) is 47.3 Å². The molecule has 0 atom stereocenters. The van der Waals surface area contributed by atoms with E-state index in [0.717, 1.165) is 39.7 Å². The summed E-state index contributed by atoms with van der Waals surface area (Å²) in [7, 11) is 1.64. The highest BCUT2D eigenvalue weighted by Gasteiger charge is 2.24. The first-order valence-electron chi connectivity index (χ1n) is 6.10. The molecular weight excluding hydrogens is 296 g/mol. The molecule has 1 heterocycles. The van der Waals surface area contributed by atoms with Gasteiger partial charge in [-0.25, -0.2) is 0 Å². The highest BCUT2D eigenvalue weighted by molar-refractivity contribution is 9.10. The standard InChI is InChI=1S/C13H15BrN2O2/c1-18-13-6-11-9(5-10(13)14)12(7-17)16(15-11)8-3-2-4-8/h5-6,8,17H,2-4,7H2,1H3. The van der Waals surface area contributed by atoms with Crippen molar-refractivity contribution in [1.82, 2.24) is 9.78 Å². The van der Waals surface area contributed by atoms with E-state index >= 15 is 0 Å². The van der Waals surface area contributed by atoms with Crippen LogP contribution in [0.1, 0.15) is 31.0 Å². The molecule has 2 aromatic rings. The van der Waals surface area contributed by atoms with Gasteiger partial charge in [0, 0.05) is 11.5 Å². The number of halogens is 1. The number of hydrogen-bond acceptors (Lipinski definition) is 3. The second-order valence-electron chi connectivity index (χ2n) is 4.64. The normalized spacial score (nSPS) is 15.9. The second-order valence-corrected chi connectivity index (χ2v) is 5.49. The molecular formula is C13H15BrN2O2. The minimum absolute atomic E-state index is 0.0196. The Morgan fingerprint density at radius 3 is 2.83 bits per heavy atom. The molecule has 0 radical (unpaired) electrons. The van der Waals surface area contributed by atoms with Crippen LogP contribution in [-0.4, -0.2) is 22.0 Å². The Hall–Kier alpha value is -1.07. The van der Waals surface area contributed by atoms with Crippen LogP contribution in [0.25, 0.3) is 10.9 Å². The van der Waals surface area contributed by atoms with Crippen LogP contribution in [0.5, 0.6) is 5.75 Å². The predicted molar refractivity (Wildman–Crippen MR) is 72.8 cm³/mol. The molecule has 0 bridgehead atoms. The minimum atomic E-state index is 0.0196. The van der Waals surface area contributed by atoms with Gasteiger partial charge in [-0.15, -0.1) is 0 Å². The van der Waals surface area contributed by atoms with E-state index in [1.54, 1.807) is 7.11 Å². The van der Waals surface area contributed by atoms with Gasteiger partial charge in [-0.05, 0) is 41.3 Å². The quantitative estimate of drug-likeness (QED) is 0.948. The maximum Gasteiger partial charge on any atom is 0.135 e. The SMILES string of the molecule is COc1cc2nn(C3CCC3)c(CO)c2cc1Br.